The monoisotopic (exact) mass is 376 g/mol. The fraction of sp³-hybridized carbons (Fsp3) is 0.0769. The summed E-state index contributed by atoms with van der Waals surface area (Å²) >= 11 is 9.09. The predicted molar refractivity (Wildman–Crippen MR) is 79.5 cm³/mol. The summed E-state index contributed by atoms with van der Waals surface area (Å²) in [7, 11) is 0. The molecule has 0 aliphatic carbocycles. The van der Waals surface area contributed by atoms with Gasteiger partial charge < -0.3 is 5.32 Å². The number of nitro benzene ring substituents is 1. The summed E-state index contributed by atoms with van der Waals surface area (Å²) in [6.07, 6.45) is 0. The van der Waals surface area contributed by atoms with Crippen molar-refractivity contribution in [3.8, 4) is 0 Å². The van der Waals surface area contributed by atoms with E-state index in [4.69, 9.17) is 11.6 Å². The summed E-state index contributed by atoms with van der Waals surface area (Å²) in [5, 5.41) is 14.0. The number of anilines is 1. The number of hydrogen-bond acceptors (Lipinski definition) is 3. The maximum absolute atomic E-state index is 13.7. The lowest BCUT2D eigenvalue weighted by molar-refractivity contribution is -0.384. The van der Waals surface area contributed by atoms with E-state index in [-0.39, 0.29) is 12.2 Å². The molecule has 0 aliphatic heterocycles. The number of rotatable bonds is 4. The Morgan fingerprint density at radius 1 is 1.29 bits per heavy atom. The van der Waals surface area contributed by atoms with Crippen molar-refractivity contribution in [1.29, 1.82) is 0 Å². The first-order chi connectivity index (χ1) is 9.88. The van der Waals surface area contributed by atoms with E-state index in [0.29, 0.717) is 21.6 Å². The van der Waals surface area contributed by atoms with Crippen LogP contribution in [-0.4, -0.2) is 4.92 Å². The van der Waals surface area contributed by atoms with Crippen molar-refractivity contribution in [3.05, 3.63) is 67.1 Å². The molecule has 0 amide bonds. The Morgan fingerprint density at radius 3 is 2.62 bits per heavy atom. The highest BCUT2D eigenvalue weighted by Gasteiger charge is 2.20. The SMILES string of the molecule is O=[N+]([O-])c1cc(F)cc(F)c1NCc1ccc(Cl)cc1Br. The molecule has 0 fully saturated rings. The van der Waals surface area contributed by atoms with Gasteiger partial charge in [-0.2, -0.15) is 0 Å². The van der Waals surface area contributed by atoms with Crippen molar-refractivity contribution in [3.63, 3.8) is 0 Å². The average Bonchev–Trinajstić information content (AvgIpc) is 2.38. The minimum absolute atomic E-state index is 0.112. The molecule has 0 unspecified atom stereocenters. The van der Waals surface area contributed by atoms with E-state index in [9.17, 15) is 18.9 Å². The molecule has 0 aromatic heterocycles. The van der Waals surface area contributed by atoms with Gasteiger partial charge in [0.25, 0.3) is 5.69 Å². The lowest BCUT2D eigenvalue weighted by Gasteiger charge is -2.10. The van der Waals surface area contributed by atoms with Crippen molar-refractivity contribution in [1.82, 2.24) is 0 Å². The number of halogens is 4. The van der Waals surface area contributed by atoms with Gasteiger partial charge in [0.1, 0.15) is 11.5 Å². The molecule has 0 spiro atoms. The first-order valence-electron chi connectivity index (χ1n) is 5.69. The maximum Gasteiger partial charge on any atom is 0.298 e. The van der Waals surface area contributed by atoms with Crippen LogP contribution in [0, 0.1) is 21.7 Å². The summed E-state index contributed by atoms with van der Waals surface area (Å²) in [5.41, 5.74) is -0.293. The van der Waals surface area contributed by atoms with Gasteiger partial charge in [0.15, 0.2) is 5.82 Å². The average molecular weight is 378 g/mol. The van der Waals surface area contributed by atoms with Gasteiger partial charge in [-0.25, -0.2) is 8.78 Å². The van der Waals surface area contributed by atoms with Crippen LogP contribution in [0.5, 0.6) is 0 Å². The van der Waals surface area contributed by atoms with Crippen LogP contribution in [0.3, 0.4) is 0 Å². The highest BCUT2D eigenvalue weighted by atomic mass is 79.9. The molecule has 0 aliphatic rings. The first kappa shape index (κ1) is 15.7. The van der Waals surface area contributed by atoms with Crippen molar-refractivity contribution in [2.75, 3.05) is 5.32 Å². The van der Waals surface area contributed by atoms with Crippen LogP contribution < -0.4 is 5.32 Å². The third kappa shape index (κ3) is 3.68. The van der Waals surface area contributed by atoms with Crippen molar-refractivity contribution < 1.29 is 13.7 Å². The van der Waals surface area contributed by atoms with Gasteiger partial charge in [0, 0.05) is 22.1 Å². The highest BCUT2D eigenvalue weighted by Crippen LogP contribution is 2.30. The van der Waals surface area contributed by atoms with Crippen molar-refractivity contribution >= 4 is 38.9 Å². The number of benzene rings is 2. The van der Waals surface area contributed by atoms with Crippen LogP contribution in [0.4, 0.5) is 20.2 Å². The summed E-state index contributed by atoms with van der Waals surface area (Å²) < 4.78 is 27.4. The zero-order chi connectivity index (χ0) is 15.6. The fourth-order valence-electron chi connectivity index (χ4n) is 1.73. The zero-order valence-electron chi connectivity index (χ0n) is 10.4. The van der Waals surface area contributed by atoms with Crippen LogP contribution in [0.25, 0.3) is 0 Å². The van der Waals surface area contributed by atoms with Gasteiger partial charge in [0.2, 0.25) is 0 Å². The second-order valence-corrected chi connectivity index (χ2v) is 5.42. The Balaban J connectivity index is 2.29. The van der Waals surface area contributed by atoms with Crippen molar-refractivity contribution in [2.45, 2.75) is 6.54 Å². The molecule has 0 bridgehead atoms. The number of nitrogens with zero attached hydrogens (tertiary/aromatic N) is 1. The Labute approximate surface area is 132 Å². The van der Waals surface area contributed by atoms with Crippen LogP contribution in [0.1, 0.15) is 5.56 Å². The summed E-state index contributed by atoms with van der Waals surface area (Å²) in [5.74, 6) is -2.02. The molecule has 4 nitrogen and oxygen atoms in total. The molecule has 2 aromatic rings. The molecule has 0 heterocycles. The number of nitro groups is 1. The maximum atomic E-state index is 13.7. The van der Waals surface area contributed by atoms with Gasteiger partial charge in [0.05, 0.1) is 11.0 Å². The lowest BCUT2D eigenvalue weighted by Crippen LogP contribution is -2.06. The fourth-order valence-corrected chi connectivity index (χ4v) is 2.55. The molecular formula is C13H8BrClF2N2O2. The van der Waals surface area contributed by atoms with Gasteiger partial charge in [-0.15, -0.1) is 0 Å². The molecule has 1 N–H and O–H groups in total. The van der Waals surface area contributed by atoms with Crippen molar-refractivity contribution in [2.24, 2.45) is 0 Å². The van der Waals surface area contributed by atoms with Crippen LogP contribution in [0.15, 0.2) is 34.8 Å². The predicted octanol–water partition coefficient (Wildman–Crippen LogP) is 4.90. The van der Waals surface area contributed by atoms with E-state index in [1.165, 1.54) is 0 Å². The molecule has 0 atom stereocenters. The van der Waals surface area contributed by atoms with Gasteiger partial charge in [-0.3, -0.25) is 10.1 Å². The molecule has 0 radical (unpaired) electrons. The Kier molecular flexibility index (Phi) is 4.74. The molecule has 8 heteroatoms. The van der Waals surface area contributed by atoms with E-state index >= 15 is 0 Å². The second-order valence-electron chi connectivity index (χ2n) is 4.13. The van der Waals surface area contributed by atoms with E-state index in [2.05, 4.69) is 21.2 Å². The van der Waals surface area contributed by atoms with Gasteiger partial charge >= 0.3 is 0 Å². The Hall–Kier alpha value is -1.73. The van der Waals surface area contributed by atoms with E-state index in [0.717, 1.165) is 5.56 Å². The molecule has 110 valence electrons. The normalized spacial score (nSPS) is 10.5. The Morgan fingerprint density at radius 2 is 2.00 bits per heavy atom. The number of nitrogens with one attached hydrogen (secondary N) is 1. The van der Waals surface area contributed by atoms with Crippen LogP contribution >= 0.6 is 27.5 Å². The third-order valence-corrected chi connectivity index (χ3v) is 3.67. The molecule has 2 rings (SSSR count). The minimum atomic E-state index is -1.02. The molecule has 0 saturated carbocycles. The van der Waals surface area contributed by atoms with Crippen LogP contribution in [0.2, 0.25) is 5.02 Å². The smallest absolute Gasteiger partial charge is 0.298 e. The third-order valence-electron chi connectivity index (χ3n) is 2.70. The number of hydrogen-bond donors (Lipinski definition) is 1. The minimum Gasteiger partial charge on any atom is -0.373 e. The van der Waals surface area contributed by atoms with E-state index in [1.807, 2.05) is 0 Å². The zero-order valence-corrected chi connectivity index (χ0v) is 12.7. The topological polar surface area (TPSA) is 55.2 Å². The largest absolute Gasteiger partial charge is 0.373 e. The first-order valence-corrected chi connectivity index (χ1v) is 6.87. The van der Waals surface area contributed by atoms with E-state index in [1.54, 1.807) is 18.2 Å². The Bertz CT molecular complexity index is 713. The molecule has 2 aromatic carbocycles. The molecule has 0 saturated heterocycles. The highest BCUT2D eigenvalue weighted by molar-refractivity contribution is 9.10. The van der Waals surface area contributed by atoms with Gasteiger partial charge in [-0.05, 0) is 17.7 Å². The second kappa shape index (κ2) is 6.36. The summed E-state index contributed by atoms with van der Waals surface area (Å²) in [6, 6.07) is 6.23. The van der Waals surface area contributed by atoms with Crippen LogP contribution in [-0.2, 0) is 6.54 Å². The quantitative estimate of drug-likeness (QED) is 0.609. The summed E-state index contributed by atoms with van der Waals surface area (Å²) in [4.78, 5) is 10.0. The lowest BCUT2D eigenvalue weighted by atomic mass is 10.2. The molecular weight excluding hydrogens is 370 g/mol. The summed E-state index contributed by atoms with van der Waals surface area (Å²) in [6.45, 7) is 0.112. The van der Waals surface area contributed by atoms with E-state index < -0.39 is 22.2 Å². The van der Waals surface area contributed by atoms with Gasteiger partial charge in [-0.1, -0.05) is 33.6 Å². The molecule has 21 heavy (non-hydrogen) atoms. The standard InChI is InChI=1S/C13H8BrClF2N2O2/c14-10-3-8(15)2-1-7(10)6-18-13-11(17)4-9(16)5-12(13)19(20)21/h1-5,18H,6H2.